The number of nitrogens with one attached hydrogen (secondary N) is 1. The molecule has 2 heterocycles. The molecule has 0 aromatic carbocycles. The van der Waals surface area contributed by atoms with Gasteiger partial charge in [-0.15, -0.1) is 0 Å². The Hall–Kier alpha value is -1.71. The van der Waals surface area contributed by atoms with Gasteiger partial charge in [-0.25, -0.2) is 15.0 Å². The van der Waals surface area contributed by atoms with E-state index in [4.69, 9.17) is 10.00 Å². The number of anilines is 1. The predicted molar refractivity (Wildman–Crippen MR) is 57.5 cm³/mol. The summed E-state index contributed by atoms with van der Waals surface area (Å²) >= 11 is 0. The average molecular weight is 219 g/mol. The van der Waals surface area contributed by atoms with Crippen LogP contribution in [0.2, 0.25) is 0 Å². The molecule has 16 heavy (non-hydrogen) atoms. The molecule has 0 aliphatic carbocycles. The van der Waals surface area contributed by atoms with E-state index < -0.39 is 0 Å². The molecule has 1 saturated heterocycles. The van der Waals surface area contributed by atoms with E-state index in [0.29, 0.717) is 24.9 Å². The summed E-state index contributed by atoms with van der Waals surface area (Å²) in [5.41, 5.74) is 4.23. The van der Waals surface area contributed by atoms with Crippen LogP contribution in [-0.2, 0) is 4.74 Å². The number of hydrogen-bond donors (Lipinski definition) is 1. The second-order valence-corrected chi connectivity index (χ2v) is 3.54. The predicted octanol–water partition coefficient (Wildman–Crippen LogP) is 0.316. The Bertz CT molecular complexity index is 408. The Morgan fingerprint density at radius 1 is 1.44 bits per heavy atom. The lowest BCUT2D eigenvalue weighted by Gasteiger charge is -2.26. The summed E-state index contributed by atoms with van der Waals surface area (Å²) in [7, 11) is 0. The Labute approximate surface area is 93.8 Å². The van der Waals surface area contributed by atoms with Gasteiger partial charge in [0.05, 0.1) is 13.2 Å². The van der Waals surface area contributed by atoms with Gasteiger partial charge in [-0.1, -0.05) is 0 Å². The summed E-state index contributed by atoms with van der Waals surface area (Å²) in [4.78, 5) is 8.30. The maximum Gasteiger partial charge on any atom is 0.239 e. The van der Waals surface area contributed by atoms with Gasteiger partial charge in [0.25, 0.3) is 0 Å². The standard InChI is InChI=1S/C10H13N5O/c1-8-6-9(7-11)13-10(12-8)14-15-2-4-16-5-3-15/h6H,2-5H2,1H3,(H,12,13,14). The molecular weight excluding hydrogens is 206 g/mol. The maximum absolute atomic E-state index is 8.79. The zero-order chi connectivity index (χ0) is 11.4. The molecule has 0 bridgehead atoms. The van der Waals surface area contributed by atoms with E-state index in [1.807, 2.05) is 18.0 Å². The number of morpholine rings is 1. The van der Waals surface area contributed by atoms with Gasteiger partial charge in [0.15, 0.2) is 0 Å². The van der Waals surface area contributed by atoms with E-state index in [0.717, 1.165) is 18.8 Å². The minimum Gasteiger partial charge on any atom is -0.379 e. The van der Waals surface area contributed by atoms with Crippen molar-refractivity contribution in [1.82, 2.24) is 15.0 Å². The molecule has 1 aromatic rings. The molecular formula is C10H13N5O. The number of aryl methyl sites for hydroxylation is 1. The molecule has 6 nitrogen and oxygen atoms in total. The molecule has 1 aliphatic heterocycles. The molecule has 0 amide bonds. The summed E-state index contributed by atoms with van der Waals surface area (Å²) in [6.45, 7) is 4.82. The summed E-state index contributed by atoms with van der Waals surface area (Å²) < 4.78 is 5.23. The van der Waals surface area contributed by atoms with Crippen molar-refractivity contribution >= 4 is 5.95 Å². The number of aromatic nitrogens is 2. The summed E-state index contributed by atoms with van der Waals surface area (Å²) in [5, 5.41) is 10.8. The van der Waals surface area contributed by atoms with Crippen LogP contribution in [0.4, 0.5) is 5.95 Å². The van der Waals surface area contributed by atoms with E-state index >= 15 is 0 Å². The molecule has 84 valence electrons. The highest BCUT2D eigenvalue weighted by molar-refractivity contribution is 5.32. The third-order valence-corrected chi connectivity index (χ3v) is 2.24. The Morgan fingerprint density at radius 3 is 2.88 bits per heavy atom. The van der Waals surface area contributed by atoms with E-state index in [1.54, 1.807) is 6.07 Å². The van der Waals surface area contributed by atoms with Crippen molar-refractivity contribution < 1.29 is 4.74 Å². The van der Waals surface area contributed by atoms with Crippen molar-refractivity contribution in [1.29, 1.82) is 5.26 Å². The van der Waals surface area contributed by atoms with Crippen LogP contribution in [-0.4, -0.2) is 41.3 Å². The highest BCUT2D eigenvalue weighted by atomic mass is 16.5. The molecule has 0 spiro atoms. The minimum absolute atomic E-state index is 0.378. The molecule has 0 radical (unpaired) electrons. The Balaban J connectivity index is 2.08. The Kier molecular flexibility index (Phi) is 3.29. The third kappa shape index (κ3) is 2.66. The van der Waals surface area contributed by atoms with Crippen molar-refractivity contribution in [2.45, 2.75) is 6.92 Å². The van der Waals surface area contributed by atoms with Gasteiger partial charge in [0.2, 0.25) is 5.95 Å². The fraction of sp³-hybridized carbons (Fsp3) is 0.500. The van der Waals surface area contributed by atoms with E-state index in [-0.39, 0.29) is 0 Å². The molecule has 0 atom stereocenters. The van der Waals surface area contributed by atoms with Crippen molar-refractivity contribution in [3.8, 4) is 6.07 Å². The molecule has 1 aromatic heterocycles. The number of ether oxygens (including phenoxy) is 1. The first kappa shape index (κ1) is 10.8. The second-order valence-electron chi connectivity index (χ2n) is 3.54. The van der Waals surface area contributed by atoms with E-state index in [9.17, 15) is 0 Å². The van der Waals surface area contributed by atoms with Gasteiger partial charge in [-0.3, -0.25) is 5.43 Å². The topological polar surface area (TPSA) is 74.1 Å². The van der Waals surface area contributed by atoms with Crippen LogP contribution in [0.15, 0.2) is 6.07 Å². The molecule has 1 aliphatic rings. The lowest BCUT2D eigenvalue weighted by molar-refractivity contribution is 0.0492. The van der Waals surface area contributed by atoms with Gasteiger partial charge >= 0.3 is 0 Å². The number of hydrazine groups is 1. The lowest BCUT2D eigenvalue weighted by atomic mass is 10.3. The second kappa shape index (κ2) is 4.88. The molecule has 0 unspecified atom stereocenters. The molecule has 0 saturated carbocycles. The number of nitrogens with zero attached hydrogens (tertiary/aromatic N) is 4. The van der Waals surface area contributed by atoms with E-state index in [1.165, 1.54) is 0 Å². The van der Waals surface area contributed by atoms with Crippen molar-refractivity contribution in [3.63, 3.8) is 0 Å². The highest BCUT2D eigenvalue weighted by Gasteiger charge is 2.11. The van der Waals surface area contributed by atoms with Gasteiger partial charge in [0.1, 0.15) is 11.8 Å². The van der Waals surface area contributed by atoms with Crippen LogP contribution >= 0.6 is 0 Å². The first-order valence-corrected chi connectivity index (χ1v) is 5.13. The molecule has 6 heteroatoms. The van der Waals surface area contributed by atoms with Crippen LogP contribution in [0.1, 0.15) is 11.4 Å². The fourth-order valence-electron chi connectivity index (χ4n) is 1.49. The Morgan fingerprint density at radius 2 is 2.19 bits per heavy atom. The number of rotatable bonds is 2. The summed E-state index contributed by atoms with van der Waals surface area (Å²) in [6.07, 6.45) is 0. The molecule has 1 N–H and O–H groups in total. The monoisotopic (exact) mass is 219 g/mol. The van der Waals surface area contributed by atoms with Crippen molar-refractivity contribution in [2.24, 2.45) is 0 Å². The van der Waals surface area contributed by atoms with Crippen LogP contribution in [0.25, 0.3) is 0 Å². The van der Waals surface area contributed by atoms with Gasteiger partial charge in [-0.2, -0.15) is 5.26 Å². The van der Waals surface area contributed by atoms with Gasteiger partial charge in [0, 0.05) is 18.8 Å². The highest BCUT2D eigenvalue weighted by Crippen LogP contribution is 2.06. The number of nitriles is 1. The fourth-order valence-corrected chi connectivity index (χ4v) is 1.49. The van der Waals surface area contributed by atoms with E-state index in [2.05, 4.69) is 15.4 Å². The summed E-state index contributed by atoms with van der Waals surface area (Å²) in [6, 6.07) is 3.67. The minimum atomic E-state index is 0.378. The zero-order valence-corrected chi connectivity index (χ0v) is 9.10. The molecule has 1 fully saturated rings. The maximum atomic E-state index is 8.79. The smallest absolute Gasteiger partial charge is 0.239 e. The zero-order valence-electron chi connectivity index (χ0n) is 9.10. The normalized spacial score (nSPS) is 16.8. The lowest BCUT2D eigenvalue weighted by Crippen LogP contribution is -2.40. The molecule has 2 rings (SSSR count). The average Bonchev–Trinajstić information content (AvgIpc) is 2.29. The number of hydrogen-bond acceptors (Lipinski definition) is 6. The van der Waals surface area contributed by atoms with Gasteiger partial charge < -0.3 is 4.74 Å². The van der Waals surface area contributed by atoms with Gasteiger partial charge in [-0.05, 0) is 13.0 Å². The first-order valence-electron chi connectivity index (χ1n) is 5.13. The summed E-state index contributed by atoms with van der Waals surface area (Å²) in [5.74, 6) is 0.471. The van der Waals surface area contributed by atoms with Crippen LogP contribution in [0, 0.1) is 18.3 Å². The third-order valence-electron chi connectivity index (χ3n) is 2.24. The van der Waals surface area contributed by atoms with Crippen LogP contribution in [0.5, 0.6) is 0 Å². The van der Waals surface area contributed by atoms with Crippen molar-refractivity contribution in [2.75, 3.05) is 31.7 Å². The van der Waals surface area contributed by atoms with Crippen LogP contribution < -0.4 is 5.43 Å². The SMILES string of the molecule is Cc1cc(C#N)nc(NN2CCOCC2)n1. The largest absolute Gasteiger partial charge is 0.379 e. The van der Waals surface area contributed by atoms with Crippen LogP contribution in [0.3, 0.4) is 0 Å². The first-order chi connectivity index (χ1) is 7.78. The quantitative estimate of drug-likeness (QED) is 0.772. The van der Waals surface area contributed by atoms with Crippen molar-refractivity contribution in [3.05, 3.63) is 17.5 Å².